The molecule has 0 radical (unpaired) electrons. The van der Waals surface area contributed by atoms with Crippen LogP contribution in [0.3, 0.4) is 0 Å². The van der Waals surface area contributed by atoms with Gasteiger partial charge in [0.2, 0.25) is 5.89 Å². The van der Waals surface area contributed by atoms with Gasteiger partial charge in [0.15, 0.2) is 5.82 Å². The third-order valence-corrected chi connectivity index (χ3v) is 2.72. The lowest BCUT2D eigenvalue weighted by atomic mass is 10.1. The van der Waals surface area contributed by atoms with Crippen LogP contribution in [0.4, 0.5) is 0 Å². The lowest BCUT2D eigenvalue weighted by Crippen LogP contribution is -2.30. The Bertz CT molecular complexity index is 351. The molecule has 0 amide bonds. The summed E-state index contributed by atoms with van der Waals surface area (Å²) in [4.78, 5) is 6.58. The molecule has 6 heteroatoms. The average molecular weight is 240 g/mol. The highest BCUT2D eigenvalue weighted by Crippen LogP contribution is 2.14. The number of aromatic nitrogens is 2. The van der Waals surface area contributed by atoms with Crippen LogP contribution in [0.5, 0.6) is 0 Å². The predicted octanol–water partition coefficient (Wildman–Crippen LogP) is 0.486. The summed E-state index contributed by atoms with van der Waals surface area (Å²) in [7, 11) is 0. The van der Waals surface area contributed by atoms with Gasteiger partial charge in [-0.15, -0.1) is 0 Å². The number of nitrogens with two attached hydrogens (primary N) is 1. The molecule has 0 atom stereocenters. The molecule has 0 bridgehead atoms. The van der Waals surface area contributed by atoms with Crippen molar-refractivity contribution in [3.8, 4) is 0 Å². The summed E-state index contributed by atoms with van der Waals surface area (Å²) < 4.78 is 10.6. The van der Waals surface area contributed by atoms with Crippen LogP contribution < -0.4 is 5.73 Å². The fourth-order valence-electron chi connectivity index (χ4n) is 1.73. The van der Waals surface area contributed by atoms with Crippen molar-refractivity contribution in [2.75, 3.05) is 26.3 Å². The fourth-order valence-corrected chi connectivity index (χ4v) is 1.73. The maximum Gasteiger partial charge on any atom is 0.240 e. The molecule has 0 aliphatic carbocycles. The Morgan fingerprint density at radius 1 is 1.35 bits per heavy atom. The van der Waals surface area contributed by atoms with E-state index in [0.29, 0.717) is 18.3 Å². The Labute approximate surface area is 101 Å². The Kier molecular flexibility index (Phi) is 3.76. The molecule has 1 aliphatic heterocycles. The lowest BCUT2D eigenvalue weighted by Gasteiger charge is -2.16. The molecule has 1 aliphatic rings. The van der Waals surface area contributed by atoms with E-state index in [0.717, 1.165) is 32.7 Å². The second-order valence-corrected chi connectivity index (χ2v) is 4.98. The van der Waals surface area contributed by atoms with Gasteiger partial charge in [0.1, 0.15) is 0 Å². The summed E-state index contributed by atoms with van der Waals surface area (Å²) in [6.45, 7) is 7.91. The maximum absolute atomic E-state index is 5.91. The molecule has 0 unspecified atom stereocenters. The minimum Gasteiger partial charge on any atom is -0.380 e. The zero-order valence-corrected chi connectivity index (χ0v) is 10.5. The molecule has 2 rings (SSSR count). The molecule has 1 aromatic heterocycles. The quantitative estimate of drug-likeness (QED) is 0.828. The van der Waals surface area contributed by atoms with Crippen molar-refractivity contribution in [3.05, 3.63) is 11.7 Å². The summed E-state index contributed by atoms with van der Waals surface area (Å²) >= 11 is 0. The molecule has 2 heterocycles. The van der Waals surface area contributed by atoms with Crippen LogP contribution in [0.25, 0.3) is 0 Å². The monoisotopic (exact) mass is 240 g/mol. The predicted molar refractivity (Wildman–Crippen MR) is 62.2 cm³/mol. The molecule has 17 heavy (non-hydrogen) atoms. The minimum absolute atomic E-state index is 0.552. The molecule has 1 saturated heterocycles. The second-order valence-electron chi connectivity index (χ2n) is 4.98. The summed E-state index contributed by atoms with van der Waals surface area (Å²) in [5.41, 5.74) is 5.36. The highest BCUT2D eigenvalue weighted by Gasteiger charge is 2.22. The fraction of sp³-hybridized carbons (Fsp3) is 0.818. The molecule has 1 aromatic rings. The first kappa shape index (κ1) is 12.5. The molecule has 2 N–H and O–H groups in total. The molecule has 0 spiro atoms. The van der Waals surface area contributed by atoms with E-state index in [1.807, 2.05) is 13.8 Å². The molecule has 6 nitrogen and oxygen atoms in total. The number of hydrogen-bond donors (Lipinski definition) is 1. The zero-order valence-electron chi connectivity index (χ0n) is 10.5. The van der Waals surface area contributed by atoms with Gasteiger partial charge in [-0.3, -0.25) is 4.90 Å². The van der Waals surface area contributed by atoms with Gasteiger partial charge in [0.05, 0.1) is 18.7 Å². The van der Waals surface area contributed by atoms with E-state index in [4.69, 9.17) is 15.0 Å². The van der Waals surface area contributed by atoms with E-state index < -0.39 is 5.54 Å². The van der Waals surface area contributed by atoms with Gasteiger partial charge in [-0.25, -0.2) is 0 Å². The van der Waals surface area contributed by atoms with Gasteiger partial charge in [-0.05, 0) is 20.3 Å². The SMILES string of the molecule is CC(C)(N)c1noc(CN2CCCOCC2)n1. The van der Waals surface area contributed by atoms with Crippen LogP contribution in [-0.4, -0.2) is 41.3 Å². The third-order valence-electron chi connectivity index (χ3n) is 2.72. The maximum atomic E-state index is 5.91. The number of nitrogens with zero attached hydrogens (tertiary/aromatic N) is 3. The van der Waals surface area contributed by atoms with Crippen LogP contribution in [0.15, 0.2) is 4.52 Å². The Balaban J connectivity index is 1.96. The smallest absolute Gasteiger partial charge is 0.240 e. The third kappa shape index (κ3) is 3.49. The van der Waals surface area contributed by atoms with Crippen LogP contribution >= 0.6 is 0 Å². The van der Waals surface area contributed by atoms with Crippen molar-refractivity contribution >= 4 is 0 Å². The lowest BCUT2D eigenvalue weighted by molar-refractivity contribution is 0.138. The van der Waals surface area contributed by atoms with Crippen LogP contribution in [-0.2, 0) is 16.8 Å². The zero-order chi connectivity index (χ0) is 12.3. The van der Waals surface area contributed by atoms with Crippen LogP contribution in [0, 0.1) is 0 Å². The van der Waals surface area contributed by atoms with E-state index in [2.05, 4.69) is 15.0 Å². The molecule has 1 fully saturated rings. The summed E-state index contributed by atoms with van der Waals surface area (Å²) in [6.07, 6.45) is 1.05. The molecular formula is C11H20N4O2. The minimum atomic E-state index is -0.552. The Morgan fingerprint density at radius 3 is 2.88 bits per heavy atom. The second kappa shape index (κ2) is 5.12. The Hall–Kier alpha value is -0.980. The number of ether oxygens (including phenoxy) is 1. The summed E-state index contributed by atoms with van der Waals surface area (Å²) in [6, 6.07) is 0. The Morgan fingerprint density at radius 2 is 2.18 bits per heavy atom. The largest absolute Gasteiger partial charge is 0.380 e. The summed E-state index contributed by atoms with van der Waals surface area (Å²) in [5, 5.41) is 3.91. The first-order valence-corrected chi connectivity index (χ1v) is 5.98. The van der Waals surface area contributed by atoms with Crippen LogP contribution in [0.1, 0.15) is 32.0 Å². The summed E-state index contributed by atoms with van der Waals surface area (Å²) in [5.74, 6) is 1.18. The highest BCUT2D eigenvalue weighted by molar-refractivity contribution is 4.99. The van der Waals surface area contributed by atoms with E-state index in [9.17, 15) is 0 Å². The van der Waals surface area contributed by atoms with E-state index in [-0.39, 0.29) is 0 Å². The highest BCUT2D eigenvalue weighted by atomic mass is 16.5. The number of hydrogen-bond acceptors (Lipinski definition) is 6. The van der Waals surface area contributed by atoms with Gasteiger partial charge >= 0.3 is 0 Å². The molecule has 96 valence electrons. The first-order chi connectivity index (χ1) is 8.05. The van der Waals surface area contributed by atoms with E-state index in [1.54, 1.807) is 0 Å². The van der Waals surface area contributed by atoms with Crippen molar-refractivity contribution in [3.63, 3.8) is 0 Å². The number of rotatable bonds is 3. The van der Waals surface area contributed by atoms with Gasteiger partial charge in [0, 0.05) is 19.7 Å². The normalized spacial score (nSPS) is 19.2. The van der Waals surface area contributed by atoms with Gasteiger partial charge in [-0.1, -0.05) is 5.16 Å². The first-order valence-electron chi connectivity index (χ1n) is 5.98. The van der Waals surface area contributed by atoms with Crippen molar-refractivity contribution in [2.45, 2.75) is 32.4 Å². The molecule has 0 saturated carbocycles. The topological polar surface area (TPSA) is 77.4 Å². The molecular weight excluding hydrogens is 220 g/mol. The van der Waals surface area contributed by atoms with Crippen molar-refractivity contribution < 1.29 is 9.26 Å². The molecule has 0 aromatic carbocycles. The van der Waals surface area contributed by atoms with Crippen molar-refractivity contribution in [1.82, 2.24) is 15.0 Å². The average Bonchev–Trinajstić information content (AvgIpc) is 2.56. The van der Waals surface area contributed by atoms with Crippen molar-refractivity contribution in [1.29, 1.82) is 0 Å². The standard InChI is InChI=1S/C11H20N4O2/c1-11(2,12)10-13-9(17-14-10)8-15-4-3-6-16-7-5-15/h3-8,12H2,1-2H3. The van der Waals surface area contributed by atoms with Crippen molar-refractivity contribution in [2.24, 2.45) is 5.73 Å². The van der Waals surface area contributed by atoms with Gasteiger partial charge in [-0.2, -0.15) is 4.98 Å². The van der Waals surface area contributed by atoms with E-state index in [1.165, 1.54) is 0 Å². The van der Waals surface area contributed by atoms with E-state index >= 15 is 0 Å². The van der Waals surface area contributed by atoms with Crippen LogP contribution in [0.2, 0.25) is 0 Å². The van der Waals surface area contributed by atoms with Gasteiger partial charge < -0.3 is 15.0 Å². The van der Waals surface area contributed by atoms with Gasteiger partial charge in [0.25, 0.3) is 0 Å².